The summed E-state index contributed by atoms with van der Waals surface area (Å²) < 4.78 is 15.8. The molecule has 8 heteroatoms. The predicted octanol–water partition coefficient (Wildman–Crippen LogP) is 1.76. The Morgan fingerprint density at radius 1 is 1.35 bits per heavy atom. The fraction of sp³-hybridized carbons (Fsp3) is 0.400. The molecule has 23 heavy (non-hydrogen) atoms. The van der Waals surface area contributed by atoms with Crippen molar-refractivity contribution in [3.05, 3.63) is 24.1 Å². The summed E-state index contributed by atoms with van der Waals surface area (Å²) in [4.78, 5) is 17.0. The van der Waals surface area contributed by atoms with Crippen molar-refractivity contribution in [2.24, 2.45) is 0 Å². The van der Waals surface area contributed by atoms with Crippen LogP contribution in [0.5, 0.6) is 11.5 Å². The van der Waals surface area contributed by atoms with Gasteiger partial charge in [0.2, 0.25) is 18.5 Å². The van der Waals surface area contributed by atoms with E-state index in [0.29, 0.717) is 36.3 Å². The lowest BCUT2D eigenvalue weighted by Gasteiger charge is -2.16. The van der Waals surface area contributed by atoms with Gasteiger partial charge in [-0.2, -0.15) is 4.98 Å². The lowest BCUT2D eigenvalue weighted by atomic mass is 10.2. The van der Waals surface area contributed by atoms with E-state index in [1.54, 1.807) is 17.0 Å². The maximum Gasteiger partial charge on any atom is 0.317 e. The Morgan fingerprint density at radius 2 is 2.17 bits per heavy atom. The molecular weight excluding hydrogens is 302 g/mol. The van der Waals surface area contributed by atoms with Crippen LogP contribution < -0.4 is 9.47 Å². The van der Waals surface area contributed by atoms with Gasteiger partial charge >= 0.3 is 5.97 Å². The zero-order chi connectivity index (χ0) is 16.2. The van der Waals surface area contributed by atoms with Crippen molar-refractivity contribution in [2.45, 2.75) is 19.9 Å². The molecule has 3 rings (SSSR count). The number of fused-ring (bicyclic) bond motifs is 1. The first-order valence-corrected chi connectivity index (χ1v) is 7.32. The predicted molar refractivity (Wildman–Crippen MR) is 79.1 cm³/mol. The molecule has 1 aliphatic heterocycles. The lowest BCUT2D eigenvalue weighted by Crippen LogP contribution is -2.30. The van der Waals surface area contributed by atoms with Gasteiger partial charge in [-0.05, 0) is 31.2 Å². The molecule has 0 atom stereocenters. The average molecular weight is 319 g/mol. The first-order valence-electron chi connectivity index (χ1n) is 7.32. The largest absolute Gasteiger partial charge is 0.480 e. The van der Waals surface area contributed by atoms with Crippen molar-refractivity contribution < 1.29 is 23.9 Å². The standard InChI is InChI=1S/C15H17N3O5/c1-2-5-18(8-14(19)20)7-13-16-15(17-23-13)10-3-4-11-12(6-10)22-9-21-11/h3-4,6H,2,5,7-9H2,1H3,(H,19,20). The molecule has 0 radical (unpaired) electrons. The topological polar surface area (TPSA) is 97.9 Å². The van der Waals surface area contributed by atoms with Gasteiger partial charge in [0.15, 0.2) is 11.5 Å². The van der Waals surface area contributed by atoms with Gasteiger partial charge in [0, 0.05) is 5.56 Å². The van der Waals surface area contributed by atoms with E-state index in [2.05, 4.69) is 10.1 Å². The molecular formula is C15H17N3O5. The highest BCUT2D eigenvalue weighted by Crippen LogP contribution is 2.35. The number of rotatable bonds is 7. The van der Waals surface area contributed by atoms with Gasteiger partial charge in [0.1, 0.15) is 0 Å². The van der Waals surface area contributed by atoms with Crippen molar-refractivity contribution in [1.82, 2.24) is 15.0 Å². The second-order valence-electron chi connectivity index (χ2n) is 5.18. The van der Waals surface area contributed by atoms with E-state index in [1.807, 2.05) is 13.0 Å². The third-order valence-electron chi connectivity index (χ3n) is 3.36. The Morgan fingerprint density at radius 3 is 2.96 bits per heavy atom. The van der Waals surface area contributed by atoms with E-state index in [0.717, 1.165) is 12.0 Å². The van der Waals surface area contributed by atoms with Crippen molar-refractivity contribution in [2.75, 3.05) is 19.9 Å². The lowest BCUT2D eigenvalue weighted by molar-refractivity contribution is -0.138. The highest BCUT2D eigenvalue weighted by atomic mass is 16.7. The number of ether oxygens (including phenoxy) is 2. The fourth-order valence-electron chi connectivity index (χ4n) is 2.38. The summed E-state index contributed by atoms with van der Waals surface area (Å²) in [6, 6.07) is 5.41. The number of hydrogen-bond donors (Lipinski definition) is 1. The molecule has 8 nitrogen and oxygen atoms in total. The fourth-order valence-corrected chi connectivity index (χ4v) is 2.38. The van der Waals surface area contributed by atoms with Crippen LogP contribution in [0.4, 0.5) is 0 Å². The maximum absolute atomic E-state index is 10.9. The van der Waals surface area contributed by atoms with E-state index < -0.39 is 5.97 Å². The molecule has 2 heterocycles. The summed E-state index contributed by atoms with van der Waals surface area (Å²) in [5.41, 5.74) is 0.754. The van der Waals surface area contributed by atoms with Gasteiger partial charge < -0.3 is 19.1 Å². The molecule has 0 fully saturated rings. The van der Waals surface area contributed by atoms with Crippen LogP contribution in [-0.2, 0) is 11.3 Å². The van der Waals surface area contributed by atoms with Crippen molar-refractivity contribution >= 4 is 5.97 Å². The smallest absolute Gasteiger partial charge is 0.317 e. The molecule has 1 aromatic carbocycles. The van der Waals surface area contributed by atoms with Crippen LogP contribution in [0.15, 0.2) is 22.7 Å². The third kappa shape index (κ3) is 3.59. The Balaban J connectivity index is 1.73. The van der Waals surface area contributed by atoms with Crippen LogP contribution in [-0.4, -0.2) is 46.0 Å². The molecule has 1 N–H and O–H groups in total. The van der Waals surface area contributed by atoms with Crippen molar-refractivity contribution in [3.63, 3.8) is 0 Å². The zero-order valence-corrected chi connectivity index (χ0v) is 12.7. The molecule has 1 aromatic heterocycles. The SMILES string of the molecule is CCCN(CC(=O)O)Cc1nc(-c2ccc3c(c2)OCO3)no1. The molecule has 0 amide bonds. The normalized spacial score (nSPS) is 12.8. The van der Waals surface area contributed by atoms with Crippen LogP contribution in [0, 0.1) is 0 Å². The van der Waals surface area contributed by atoms with Crippen LogP contribution in [0.1, 0.15) is 19.2 Å². The van der Waals surface area contributed by atoms with Gasteiger partial charge in [-0.1, -0.05) is 12.1 Å². The van der Waals surface area contributed by atoms with Gasteiger partial charge in [0.25, 0.3) is 0 Å². The van der Waals surface area contributed by atoms with Crippen LogP contribution in [0.3, 0.4) is 0 Å². The number of carbonyl (C=O) groups is 1. The first-order chi connectivity index (χ1) is 11.2. The molecule has 0 saturated carbocycles. The van der Waals surface area contributed by atoms with Gasteiger partial charge in [0.05, 0.1) is 13.1 Å². The second kappa shape index (κ2) is 6.66. The van der Waals surface area contributed by atoms with Gasteiger partial charge in [-0.25, -0.2) is 0 Å². The monoisotopic (exact) mass is 319 g/mol. The van der Waals surface area contributed by atoms with Crippen molar-refractivity contribution in [3.8, 4) is 22.9 Å². The molecule has 0 spiro atoms. The number of aromatic nitrogens is 2. The van der Waals surface area contributed by atoms with Crippen LogP contribution >= 0.6 is 0 Å². The van der Waals surface area contributed by atoms with Crippen LogP contribution in [0.25, 0.3) is 11.4 Å². The minimum atomic E-state index is -0.881. The molecule has 122 valence electrons. The van der Waals surface area contributed by atoms with Crippen molar-refractivity contribution in [1.29, 1.82) is 0 Å². The number of carboxylic acids is 1. The second-order valence-corrected chi connectivity index (χ2v) is 5.18. The number of carboxylic acid groups (broad SMARTS) is 1. The minimum Gasteiger partial charge on any atom is -0.480 e. The van der Waals surface area contributed by atoms with Crippen LogP contribution in [0.2, 0.25) is 0 Å². The minimum absolute atomic E-state index is 0.0599. The summed E-state index contributed by atoms with van der Waals surface area (Å²) in [6.45, 7) is 3.08. The van der Waals surface area contributed by atoms with E-state index in [9.17, 15) is 4.79 Å². The number of hydrogen-bond acceptors (Lipinski definition) is 7. The molecule has 0 bridgehead atoms. The first kappa shape index (κ1) is 15.3. The molecule has 2 aromatic rings. The Labute approximate surface area is 132 Å². The van der Waals surface area contributed by atoms with E-state index in [-0.39, 0.29) is 13.3 Å². The molecule has 0 saturated heterocycles. The Kier molecular flexibility index (Phi) is 4.42. The number of nitrogens with zero attached hydrogens (tertiary/aromatic N) is 3. The highest BCUT2D eigenvalue weighted by molar-refractivity contribution is 5.69. The summed E-state index contributed by atoms with van der Waals surface area (Å²) in [5, 5.41) is 12.9. The quantitative estimate of drug-likeness (QED) is 0.824. The highest BCUT2D eigenvalue weighted by Gasteiger charge is 2.18. The molecule has 0 aliphatic carbocycles. The maximum atomic E-state index is 10.9. The Hall–Kier alpha value is -2.61. The van der Waals surface area contributed by atoms with Gasteiger partial charge in [-0.3, -0.25) is 9.69 Å². The summed E-state index contributed by atoms with van der Waals surface area (Å²) in [6.07, 6.45) is 0.844. The number of benzene rings is 1. The summed E-state index contributed by atoms with van der Waals surface area (Å²) in [5.74, 6) is 1.27. The third-order valence-corrected chi connectivity index (χ3v) is 3.36. The average Bonchev–Trinajstić information content (AvgIpc) is 3.14. The summed E-state index contributed by atoms with van der Waals surface area (Å²) >= 11 is 0. The van der Waals surface area contributed by atoms with Gasteiger partial charge in [-0.15, -0.1) is 0 Å². The van der Waals surface area contributed by atoms with E-state index in [4.69, 9.17) is 19.1 Å². The Bertz CT molecular complexity index is 700. The van der Waals surface area contributed by atoms with E-state index >= 15 is 0 Å². The number of aliphatic carboxylic acids is 1. The molecule has 0 unspecified atom stereocenters. The summed E-state index contributed by atoms with van der Waals surface area (Å²) in [7, 11) is 0. The van der Waals surface area contributed by atoms with E-state index in [1.165, 1.54) is 0 Å². The zero-order valence-electron chi connectivity index (χ0n) is 12.7. The molecule has 1 aliphatic rings.